The largest absolute Gasteiger partial charge is 0.349 e. The van der Waals surface area contributed by atoms with Crippen molar-refractivity contribution in [2.45, 2.75) is 25.1 Å². The summed E-state index contributed by atoms with van der Waals surface area (Å²) in [5, 5.41) is 3.83. The Balaban J connectivity index is 1.78. The number of amides is 1. The van der Waals surface area contributed by atoms with Gasteiger partial charge >= 0.3 is 0 Å². The van der Waals surface area contributed by atoms with Crippen molar-refractivity contribution in [1.82, 2.24) is 5.32 Å². The van der Waals surface area contributed by atoms with Crippen LogP contribution in [0.2, 0.25) is 5.02 Å². The molecule has 22 heavy (non-hydrogen) atoms. The van der Waals surface area contributed by atoms with Crippen molar-refractivity contribution in [3.63, 3.8) is 0 Å². The smallest absolute Gasteiger partial charge is 0.230 e. The summed E-state index contributed by atoms with van der Waals surface area (Å²) in [6.07, 6.45) is 0.887. The SMILES string of the molecule is CCC(NC(=O)CSCc1ccc(Cl)cc1)c1ccccc1. The van der Waals surface area contributed by atoms with E-state index in [4.69, 9.17) is 11.6 Å². The van der Waals surface area contributed by atoms with Gasteiger partial charge in [0.1, 0.15) is 0 Å². The van der Waals surface area contributed by atoms with Gasteiger partial charge in [0, 0.05) is 10.8 Å². The number of benzene rings is 2. The van der Waals surface area contributed by atoms with Crippen molar-refractivity contribution in [2.24, 2.45) is 0 Å². The fourth-order valence-electron chi connectivity index (χ4n) is 2.18. The van der Waals surface area contributed by atoms with Gasteiger partial charge in [0.2, 0.25) is 5.91 Å². The van der Waals surface area contributed by atoms with Gasteiger partial charge in [-0.2, -0.15) is 0 Å². The van der Waals surface area contributed by atoms with Crippen molar-refractivity contribution in [3.05, 3.63) is 70.7 Å². The third-order valence-electron chi connectivity index (χ3n) is 3.36. The standard InChI is InChI=1S/C18H20ClNOS/c1-2-17(15-6-4-3-5-7-15)20-18(21)13-22-12-14-8-10-16(19)11-9-14/h3-11,17H,2,12-13H2,1H3,(H,20,21). The number of hydrogen-bond acceptors (Lipinski definition) is 2. The number of rotatable bonds is 7. The van der Waals surface area contributed by atoms with Crippen molar-refractivity contribution >= 4 is 29.3 Å². The van der Waals surface area contributed by atoms with Gasteiger partial charge in [-0.15, -0.1) is 11.8 Å². The first-order chi connectivity index (χ1) is 10.7. The van der Waals surface area contributed by atoms with E-state index in [2.05, 4.69) is 24.4 Å². The second-order valence-corrected chi connectivity index (χ2v) is 6.48. The minimum atomic E-state index is 0.0784. The molecule has 116 valence electrons. The van der Waals surface area contributed by atoms with Gasteiger partial charge in [-0.25, -0.2) is 0 Å². The molecule has 0 radical (unpaired) electrons. The summed E-state index contributed by atoms with van der Waals surface area (Å²) in [4.78, 5) is 12.1. The lowest BCUT2D eigenvalue weighted by atomic mass is 10.0. The predicted molar refractivity (Wildman–Crippen MR) is 95.2 cm³/mol. The fourth-order valence-corrected chi connectivity index (χ4v) is 3.11. The van der Waals surface area contributed by atoms with Crippen LogP contribution in [0.4, 0.5) is 0 Å². The molecule has 1 N–H and O–H groups in total. The average molecular weight is 334 g/mol. The van der Waals surface area contributed by atoms with Gasteiger partial charge in [0.15, 0.2) is 0 Å². The Morgan fingerprint density at radius 1 is 1.14 bits per heavy atom. The summed E-state index contributed by atoms with van der Waals surface area (Å²) >= 11 is 7.47. The molecule has 2 nitrogen and oxygen atoms in total. The topological polar surface area (TPSA) is 29.1 Å². The number of thioether (sulfide) groups is 1. The fraction of sp³-hybridized carbons (Fsp3) is 0.278. The molecule has 1 unspecified atom stereocenters. The maximum absolute atomic E-state index is 12.1. The Morgan fingerprint density at radius 2 is 1.82 bits per heavy atom. The molecule has 0 aromatic heterocycles. The van der Waals surface area contributed by atoms with Crippen LogP contribution in [-0.2, 0) is 10.5 Å². The molecule has 1 atom stereocenters. The summed E-state index contributed by atoms with van der Waals surface area (Å²) < 4.78 is 0. The average Bonchev–Trinajstić information content (AvgIpc) is 2.55. The van der Waals surface area contributed by atoms with Crippen LogP contribution in [0.1, 0.15) is 30.5 Å². The molecule has 0 aliphatic carbocycles. The van der Waals surface area contributed by atoms with E-state index in [0.29, 0.717) is 5.75 Å². The van der Waals surface area contributed by atoms with E-state index < -0.39 is 0 Å². The normalized spacial score (nSPS) is 11.9. The molecule has 0 heterocycles. The third kappa shape index (κ3) is 5.39. The lowest BCUT2D eigenvalue weighted by Gasteiger charge is -2.17. The lowest BCUT2D eigenvalue weighted by molar-refractivity contribution is -0.119. The van der Waals surface area contributed by atoms with Crippen LogP contribution >= 0.6 is 23.4 Å². The van der Waals surface area contributed by atoms with Crippen LogP contribution in [0.15, 0.2) is 54.6 Å². The van der Waals surface area contributed by atoms with Crippen LogP contribution in [0, 0.1) is 0 Å². The first-order valence-corrected chi connectivity index (χ1v) is 8.88. The minimum Gasteiger partial charge on any atom is -0.349 e. The van der Waals surface area contributed by atoms with Crippen molar-refractivity contribution in [3.8, 4) is 0 Å². The highest BCUT2D eigenvalue weighted by Crippen LogP contribution is 2.18. The number of halogens is 1. The van der Waals surface area contributed by atoms with Crippen LogP contribution < -0.4 is 5.32 Å². The van der Waals surface area contributed by atoms with Crippen LogP contribution in [0.3, 0.4) is 0 Å². The van der Waals surface area contributed by atoms with Gasteiger partial charge in [0.25, 0.3) is 0 Å². The maximum atomic E-state index is 12.1. The second kappa shape index (κ2) is 8.86. The quantitative estimate of drug-likeness (QED) is 0.785. The van der Waals surface area contributed by atoms with Crippen molar-refractivity contribution < 1.29 is 4.79 Å². The summed E-state index contributed by atoms with van der Waals surface area (Å²) in [6, 6.07) is 17.9. The summed E-state index contributed by atoms with van der Waals surface area (Å²) in [5.74, 6) is 1.35. The summed E-state index contributed by atoms with van der Waals surface area (Å²) in [5.41, 5.74) is 2.33. The lowest BCUT2D eigenvalue weighted by Crippen LogP contribution is -2.29. The van der Waals surface area contributed by atoms with E-state index in [-0.39, 0.29) is 11.9 Å². The Hall–Kier alpha value is -1.45. The molecule has 0 saturated heterocycles. The van der Waals surface area contributed by atoms with E-state index in [1.165, 1.54) is 5.56 Å². The number of hydrogen-bond donors (Lipinski definition) is 1. The highest BCUT2D eigenvalue weighted by atomic mass is 35.5. The monoisotopic (exact) mass is 333 g/mol. The molecule has 0 fully saturated rings. The van der Waals surface area contributed by atoms with Crippen molar-refractivity contribution in [1.29, 1.82) is 0 Å². The molecule has 0 spiro atoms. The molecule has 0 aliphatic rings. The van der Waals surface area contributed by atoms with E-state index in [1.807, 2.05) is 42.5 Å². The van der Waals surface area contributed by atoms with Crippen LogP contribution in [0.5, 0.6) is 0 Å². The Morgan fingerprint density at radius 3 is 2.45 bits per heavy atom. The highest BCUT2D eigenvalue weighted by Gasteiger charge is 2.12. The minimum absolute atomic E-state index is 0.0784. The van der Waals surface area contributed by atoms with Crippen molar-refractivity contribution in [2.75, 3.05) is 5.75 Å². The first-order valence-electron chi connectivity index (χ1n) is 7.35. The highest BCUT2D eigenvalue weighted by molar-refractivity contribution is 7.99. The molecule has 2 rings (SSSR count). The molecule has 1 amide bonds. The maximum Gasteiger partial charge on any atom is 0.230 e. The molecule has 2 aromatic rings. The summed E-state index contributed by atoms with van der Waals surface area (Å²) in [6.45, 7) is 2.08. The Kier molecular flexibility index (Phi) is 6.81. The zero-order valence-electron chi connectivity index (χ0n) is 12.6. The van der Waals surface area contributed by atoms with E-state index in [0.717, 1.165) is 22.8 Å². The molecular formula is C18H20ClNOS. The summed E-state index contributed by atoms with van der Waals surface area (Å²) in [7, 11) is 0. The number of carbonyl (C=O) groups excluding carboxylic acids is 1. The predicted octanol–water partition coefficient (Wildman–Crippen LogP) is 4.84. The molecule has 0 saturated carbocycles. The van der Waals surface area contributed by atoms with Crippen LogP contribution in [-0.4, -0.2) is 11.7 Å². The molecule has 0 bridgehead atoms. The zero-order chi connectivity index (χ0) is 15.8. The molecule has 0 aliphatic heterocycles. The van der Waals surface area contributed by atoms with E-state index >= 15 is 0 Å². The van der Waals surface area contributed by atoms with Gasteiger partial charge < -0.3 is 5.32 Å². The van der Waals surface area contributed by atoms with Crippen LogP contribution in [0.25, 0.3) is 0 Å². The van der Waals surface area contributed by atoms with Gasteiger partial charge in [-0.1, -0.05) is 61.0 Å². The second-order valence-electron chi connectivity index (χ2n) is 5.06. The number of nitrogens with one attached hydrogen (secondary N) is 1. The third-order valence-corrected chi connectivity index (χ3v) is 4.62. The van der Waals surface area contributed by atoms with Gasteiger partial charge in [-0.3, -0.25) is 4.79 Å². The first kappa shape index (κ1) is 16.9. The number of carbonyl (C=O) groups is 1. The molecule has 2 aromatic carbocycles. The molecular weight excluding hydrogens is 314 g/mol. The molecule has 4 heteroatoms. The van der Waals surface area contributed by atoms with E-state index in [9.17, 15) is 4.79 Å². The Bertz CT molecular complexity index is 586. The van der Waals surface area contributed by atoms with Gasteiger partial charge in [-0.05, 0) is 29.7 Å². The van der Waals surface area contributed by atoms with E-state index in [1.54, 1.807) is 11.8 Å². The Labute approximate surface area is 141 Å². The zero-order valence-corrected chi connectivity index (χ0v) is 14.2. The van der Waals surface area contributed by atoms with Gasteiger partial charge in [0.05, 0.1) is 11.8 Å².